The Kier molecular flexibility index (Phi) is 3.86. The fourth-order valence-corrected chi connectivity index (χ4v) is 2.60. The van der Waals surface area contributed by atoms with E-state index in [0.29, 0.717) is 9.72 Å². The first-order valence-corrected chi connectivity index (χ1v) is 6.79. The highest BCUT2D eigenvalue weighted by atomic mass is 79.9. The summed E-state index contributed by atoms with van der Waals surface area (Å²) in [7, 11) is 0. The molecule has 0 saturated carbocycles. The van der Waals surface area contributed by atoms with Crippen LogP contribution in [-0.4, -0.2) is 17.0 Å². The topological polar surface area (TPSA) is 24.4 Å². The first-order chi connectivity index (χ1) is 7.69. The van der Waals surface area contributed by atoms with E-state index < -0.39 is 0 Å². The van der Waals surface area contributed by atoms with Crippen molar-refractivity contribution >= 4 is 38.5 Å². The summed E-state index contributed by atoms with van der Waals surface area (Å²) in [6.07, 6.45) is 1.11. The van der Waals surface area contributed by atoms with Gasteiger partial charge in [0.25, 0.3) is 0 Å². The summed E-state index contributed by atoms with van der Waals surface area (Å²) in [5.41, 5.74) is 0.740. The Labute approximate surface area is 107 Å². The molecule has 1 aromatic carbocycles. The van der Waals surface area contributed by atoms with Crippen LogP contribution in [0.1, 0.15) is 13.3 Å². The molecule has 0 fully saturated rings. The van der Waals surface area contributed by atoms with Crippen molar-refractivity contribution < 1.29 is 4.39 Å². The van der Waals surface area contributed by atoms with Crippen LogP contribution >= 0.6 is 27.7 Å². The zero-order chi connectivity index (χ0) is 11.5. The highest BCUT2D eigenvalue weighted by Gasteiger charge is 2.17. The third kappa shape index (κ3) is 2.77. The fourth-order valence-electron chi connectivity index (χ4n) is 1.40. The fraction of sp³-hybridized carbons (Fsp3) is 0.364. The third-order valence-electron chi connectivity index (χ3n) is 2.34. The molecule has 0 spiro atoms. The molecule has 1 aliphatic rings. The summed E-state index contributed by atoms with van der Waals surface area (Å²) in [6, 6.07) is 4.98. The molecule has 1 unspecified atom stereocenters. The van der Waals surface area contributed by atoms with E-state index in [1.807, 2.05) is 6.07 Å². The standard InChI is InChI=1S/C11H12BrFN2S/c1-2-8-6-14-11(16-8)15-7-3-4-9(12)10(13)5-7/h3-5,8H,2,6H2,1H3,(H,14,15). The molecule has 0 aromatic heterocycles. The molecule has 0 saturated heterocycles. The van der Waals surface area contributed by atoms with E-state index in [1.165, 1.54) is 6.07 Å². The molecule has 1 aliphatic heterocycles. The third-order valence-corrected chi connectivity index (χ3v) is 4.26. The maximum Gasteiger partial charge on any atom is 0.161 e. The Morgan fingerprint density at radius 1 is 1.62 bits per heavy atom. The highest BCUT2D eigenvalue weighted by molar-refractivity contribution is 9.10. The summed E-state index contributed by atoms with van der Waals surface area (Å²) < 4.78 is 13.7. The van der Waals surface area contributed by atoms with Crippen LogP contribution in [0.3, 0.4) is 0 Å². The van der Waals surface area contributed by atoms with Gasteiger partial charge in [0.2, 0.25) is 0 Å². The van der Waals surface area contributed by atoms with Crippen molar-refractivity contribution in [3.05, 3.63) is 28.5 Å². The molecule has 1 N–H and O–H groups in total. The molecule has 1 atom stereocenters. The Balaban J connectivity index is 2.02. The van der Waals surface area contributed by atoms with Gasteiger partial charge in [-0.25, -0.2) is 4.39 Å². The zero-order valence-electron chi connectivity index (χ0n) is 8.84. The average molecular weight is 303 g/mol. The molecule has 86 valence electrons. The van der Waals surface area contributed by atoms with Gasteiger partial charge in [-0.2, -0.15) is 0 Å². The Hall–Kier alpha value is -0.550. The van der Waals surface area contributed by atoms with Gasteiger partial charge in [0.05, 0.1) is 11.0 Å². The molecule has 2 rings (SSSR count). The van der Waals surface area contributed by atoms with Crippen LogP contribution in [0.2, 0.25) is 0 Å². The number of rotatable bonds is 2. The quantitative estimate of drug-likeness (QED) is 0.896. The summed E-state index contributed by atoms with van der Waals surface area (Å²) in [4.78, 5) is 4.37. The van der Waals surface area contributed by atoms with Crippen molar-refractivity contribution in [3.63, 3.8) is 0 Å². The van der Waals surface area contributed by atoms with Gasteiger partial charge in [-0.1, -0.05) is 18.7 Å². The van der Waals surface area contributed by atoms with Gasteiger partial charge in [0, 0.05) is 10.9 Å². The number of thioether (sulfide) groups is 1. The average Bonchev–Trinajstić information content (AvgIpc) is 2.71. The zero-order valence-corrected chi connectivity index (χ0v) is 11.2. The minimum atomic E-state index is -0.263. The number of benzene rings is 1. The Bertz CT molecular complexity index is 422. The Morgan fingerprint density at radius 2 is 2.44 bits per heavy atom. The van der Waals surface area contributed by atoms with Gasteiger partial charge >= 0.3 is 0 Å². The maximum atomic E-state index is 13.3. The van der Waals surface area contributed by atoms with Crippen molar-refractivity contribution in [1.82, 2.24) is 0 Å². The summed E-state index contributed by atoms with van der Waals surface area (Å²) in [6.45, 7) is 3.00. The SMILES string of the molecule is CCC1CN=C(Nc2ccc(Br)c(F)c2)S1. The van der Waals surface area contributed by atoms with Crippen molar-refractivity contribution in [2.45, 2.75) is 18.6 Å². The first kappa shape index (κ1) is 11.9. The van der Waals surface area contributed by atoms with Crippen LogP contribution in [-0.2, 0) is 0 Å². The molecule has 0 bridgehead atoms. The number of nitrogens with zero attached hydrogens (tertiary/aromatic N) is 1. The molecule has 0 amide bonds. The Morgan fingerprint density at radius 3 is 3.06 bits per heavy atom. The van der Waals surface area contributed by atoms with E-state index in [0.717, 1.165) is 23.8 Å². The van der Waals surface area contributed by atoms with Crippen molar-refractivity contribution in [2.75, 3.05) is 11.9 Å². The van der Waals surface area contributed by atoms with E-state index in [-0.39, 0.29) is 5.82 Å². The van der Waals surface area contributed by atoms with Crippen LogP contribution in [0.5, 0.6) is 0 Å². The first-order valence-electron chi connectivity index (χ1n) is 5.12. The van der Waals surface area contributed by atoms with Gasteiger partial charge < -0.3 is 5.32 Å². The van der Waals surface area contributed by atoms with E-state index in [4.69, 9.17) is 0 Å². The number of halogens is 2. The summed E-state index contributed by atoms with van der Waals surface area (Å²) >= 11 is 4.84. The van der Waals surface area contributed by atoms with Gasteiger partial charge in [-0.3, -0.25) is 4.99 Å². The van der Waals surface area contributed by atoms with Gasteiger partial charge in [-0.15, -0.1) is 0 Å². The predicted molar refractivity (Wildman–Crippen MR) is 71.7 cm³/mol. The number of hydrogen-bond donors (Lipinski definition) is 1. The van der Waals surface area contributed by atoms with E-state index >= 15 is 0 Å². The van der Waals surface area contributed by atoms with Crippen LogP contribution in [0, 0.1) is 5.82 Å². The normalized spacial score (nSPS) is 19.7. The largest absolute Gasteiger partial charge is 0.335 e. The van der Waals surface area contributed by atoms with Crippen LogP contribution in [0.4, 0.5) is 10.1 Å². The van der Waals surface area contributed by atoms with E-state index in [1.54, 1.807) is 17.8 Å². The lowest BCUT2D eigenvalue weighted by atomic mass is 10.3. The summed E-state index contributed by atoms with van der Waals surface area (Å²) in [5.74, 6) is -0.263. The van der Waals surface area contributed by atoms with E-state index in [9.17, 15) is 4.39 Å². The maximum absolute atomic E-state index is 13.3. The lowest BCUT2D eigenvalue weighted by Crippen LogP contribution is -2.07. The van der Waals surface area contributed by atoms with Crippen LogP contribution in [0.25, 0.3) is 0 Å². The van der Waals surface area contributed by atoms with Crippen molar-refractivity contribution in [1.29, 1.82) is 0 Å². The number of hydrogen-bond acceptors (Lipinski definition) is 3. The van der Waals surface area contributed by atoms with Crippen LogP contribution < -0.4 is 5.32 Å². The molecular formula is C11H12BrFN2S. The van der Waals surface area contributed by atoms with E-state index in [2.05, 4.69) is 33.2 Å². The van der Waals surface area contributed by atoms with Gasteiger partial charge in [-0.05, 0) is 40.5 Å². The smallest absolute Gasteiger partial charge is 0.161 e. The molecule has 16 heavy (non-hydrogen) atoms. The second-order valence-corrected chi connectivity index (χ2v) is 5.69. The number of amidine groups is 1. The van der Waals surface area contributed by atoms with Gasteiger partial charge in [0.15, 0.2) is 5.17 Å². The molecule has 0 aliphatic carbocycles. The van der Waals surface area contributed by atoms with Crippen molar-refractivity contribution in [3.8, 4) is 0 Å². The molecule has 1 heterocycles. The molecular weight excluding hydrogens is 291 g/mol. The summed E-state index contributed by atoms with van der Waals surface area (Å²) in [5, 5.41) is 4.57. The second kappa shape index (κ2) is 5.19. The number of aliphatic imine (C=N–C) groups is 1. The minimum absolute atomic E-state index is 0.263. The van der Waals surface area contributed by atoms with Crippen molar-refractivity contribution in [2.24, 2.45) is 4.99 Å². The second-order valence-electron chi connectivity index (χ2n) is 3.55. The number of anilines is 1. The van der Waals surface area contributed by atoms with Gasteiger partial charge in [0.1, 0.15) is 5.82 Å². The molecule has 0 radical (unpaired) electrons. The highest BCUT2D eigenvalue weighted by Crippen LogP contribution is 2.26. The lowest BCUT2D eigenvalue weighted by Gasteiger charge is -2.07. The lowest BCUT2D eigenvalue weighted by molar-refractivity contribution is 0.622. The minimum Gasteiger partial charge on any atom is -0.335 e. The molecule has 5 heteroatoms. The molecule has 1 aromatic rings. The predicted octanol–water partition coefficient (Wildman–Crippen LogP) is 3.88. The molecule has 2 nitrogen and oxygen atoms in total. The number of nitrogens with one attached hydrogen (secondary N) is 1. The monoisotopic (exact) mass is 302 g/mol. The van der Waals surface area contributed by atoms with Crippen LogP contribution in [0.15, 0.2) is 27.7 Å².